The van der Waals surface area contributed by atoms with Crippen molar-refractivity contribution in [2.45, 2.75) is 24.7 Å². The second-order valence-electron chi connectivity index (χ2n) is 5.27. The molecule has 0 atom stereocenters. The molecule has 1 N–H and O–H groups in total. The summed E-state index contributed by atoms with van der Waals surface area (Å²) in [4.78, 5) is 0.145. The van der Waals surface area contributed by atoms with Gasteiger partial charge >= 0.3 is 0 Å². The number of nitrogens with one attached hydrogen (secondary N) is 1. The molecule has 0 saturated carbocycles. The van der Waals surface area contributed by atoms with E-state index in [2.05, 4.69) is 27.3 Å². The Balaban J connectivity index is 1.95. The Morgan fingerprint density at radius 3 is 2.45 bits per heavy atom. The average molecular weight is 333 g/mol. The molecule has 0 amide bonds. The maximum absolute atomic E-state index is 12.6. The average Bonchev–Trinajstić information content (AvgIpc) is 2.95. The number of rotatable bonds is 4. The van der Waals surface area contributed by atoms with Crippen molar-refractivity contribution in [3.63, 3.8) is 0 Å². The molecule has 0 bridgehead atoms. The van der Waals surface area contributed by atoms with Gasteiger partial charge in [0.25, 0.3) is 10.0 Å². The third-order valence-corrected chi connectivity index (χ3v) is 5.32. The third kappa shape index (κ3) is 2.82. The van der Waals surface area contributed by atoms with Crippen LogP contribution in [0, 0.1) is 0 Å². The minimum Gasteiger partial charge on any atom is -0.280 e. The monoisotopic (exact) mass is 333 g/mol. The number of sulfonamides is 1. The Hall–Kier alpha value is -1.99. The van der Waals surface area contributed by atoms with Crippen LogP contribution < -0.4 is 4.72 Å². The number of aromatic nitrogens is 2. The van der Waals surface area contributed by atoms with Gasteiger partial charge in [0.05, 0.1) is 11.7 Å². The lowest BCUT2D eigenvalue weighted by Crippen LogP contribution is -2.13. The van der Waals surface area contributed by atoms with E-state index in [4.69, 9.17) is 0 Å². The summed E-state index contributed by atoms with van der Waals surface area (Å²) in [6.45, 7) is 4.18. The van der Waals surface area contributed by atoms with E-state index in [1.807, 2.05) is 12.1 Å². The number of hydrogen-bond acceptors (Lipinski definition) is 5. The molecule has 1 heterocycles. The quantitative estimate of drug-likeness (QED) is 0.791. The lowest BCUT2D eigenvalue weighted by atomic mass is 10.0. The first-order valence-corrected chi connectivity index (χ1v) is 9.03. The standard InChI is InChI=1S/C15H15N3O2S2/c1-10(2)11-6-8-12(9-7-11)18-22(19,20)14-5-3-4-13-15(14)17-21-16-13/h3-10,18H,1-2H3. The molecular weight excluding hydrogens is 318 g/mol. The molecule has 0 fully saturated rings. The number of anilines is 1. The molecule has 3 aromatic rings. The Bertz CT molecular complexity index is 900. The second-order valence-corrected chi connectivity index (χ2v) is 7.45. The molecule has 0 spiro atoms. The van der Waals surface area contributed by atoms with Gasteiger partial charge < -0.3 is 0 Å². The van der Waals surface area contributed by atoms with Crippen molar-refractivity contribution in [1.82, 2.24) is 8.75 Å². The van der Waals surface area contributed by atoms with E-state index in [0.29, 0.717) is 22.6 Å². The summed E-state index contributed by atoms with van der Waals surface area (Å²) in [6, 6.07) is 12.3. The highest BCUT2D eigenvalue weighted by Crippen LogP contribution is 2.24. The van der Waals surface area contributed by atoms with Gasteiger partial charge in [-0.25, -0.2) is 8.42 Å². The van der Waals surface area contributed by atoms with E-state index in [1.54, 1.807) is 24.3 Å². The van der Waals surface area contributed by atoms with Crippen LogP contribution in [0.2, 0.25) is 0 Å². The zero-order valence-electron chi connectivity index (χ0n) is 12.1. The Labute approximate surface area is 133 Å². The molecule has 2 aromatic carbocycles. The van der Waals surface area contributed by atoms with Gasteiger partial charge in [-0.1, -0.05) is 32.0 Å². The van der Waals surface area contributed by atoms with Crippen molar-refractivity contribution in [3.05, 3.63) is 48.0 Å². The first kappa shape index (κ1) is 14.9. The van der Waals surface area contributed by atoms with Gasteiger partial charge in [-0.3, -0.25) is 4.72 Å². The normalized spacial score (nSPS) is 12.0. The zero-order chi connectivity index (χ0) is 15.7. The summed E-state index contributed by atoms with van der Waals surface area (Å²) in [5.74, 6) is 0.403. The van der Waals surface area contributed by atoms with E-state index in [1.165, 1.54) is 6.07 Å². The summed E-state index contributed by atoms with van der Waals surface area (Å²) in [6.07, 6.45) is 0. The molecule has 7 heteroatoms. The third-order valence-electron chi connectivity index (χ3n) is 3.37. The molecule has 0 unspecified atom stereocenters. The topological polar surface area (TPSA) is 72.0 Å². The van der Waals surface area contributed by atoms with Crippen LogP contribution >= 0.6 is 11.7 Å². The van der Waals surface area contributed by atoms with E-state index in [9.17, 15) is 8.42 Å². The van der Waals surface area contributed by atoms with Crippen molar-refractivity contribution in [3.8, 4) is 0 Å². The summed E-state index contributed by atoms with van der Waals surface area (Å²) in [5, 5.41) is 0. The lowest BCUT2D eigenvalue weighted by Gasteiger charge is -2.10. The molecule has 5 nitrogen and oxygen atoms in total. The van der Waals surface area contributed by atoms with Gasteiger partial charge in [0, 0.05) is 5.69 Å². The van der Waals surface area contributed by atoms with E-state index >= 15 is 0 Å². The number of nitrogens with zero attached hydrogens (tertiary/aromatic N) is 2. The highest BCUT2D eigenvalue weighted by atomic mass is 32.2. The van der Waals surface area contributed by atoms with Crippen molar-refractivity contribution in [2.24, 2.45) is 0 Å². The van der Waals surface area contributed by atoms with Gasteiger partial charge in [0.2, 0.25) is 0 Å². The maximum atomic E-state index is 12.6. The highest BCUT2D eigenvalue weighted by molar-refractivity contribution is 7.93. The molecule has 0 aliphatic carbocycles. The van der Waals surface area contributed by atoms with Gasteiger partial charge in [-0.05, 0) is 35.7 Å². The first-order valence-electron chi connectivity index (χ1n) is 6.81. The first-order chi connectivity index (χ1) is 10.5. The minimum absolute atomic E-state index is 0.145. The van der Waals surface area contributed by atoms with Gasteiger partial charge in [-0.15, -0.1) is 0 Å². The molecule has 1 aromatic heterocycles. The fraction of sp³-hybridized carbons (Fsp3) is 0.200. The Kier molecular flexibility index (Phi) is 3.84. The molecular formula is C15H15N3O2S2. The minimum atomic E-state index is -3.69. The summed E-state index contributed by atoms with van der Waals surface area (Å²) in [5.41, 5.74) is 2.68. The van der Waals surface area contributed by atoms with Crippen molar-refractivity contribution < 1.29 is 8.42 Å². The molecule has 3 rings (SSSR count). The van der Waals surface area contributed by atoms with E-state index < -0.39 is 10.0 Å². The second kappa shape index (κ2) is 5.66. The zero-order valence-corrected chi connectivity index (χ0v) is 13.8. The smallest absolute Gasteiger partial charge is 0.264 e. The van der Waals surface area contributed by atoms with Crippen molar-refractivity contribution in [1.29, 1.82) is 0 Å². The van der Waals surface area contributed by atoms with Crippen molar-refractivity contribution >= 4 is 38.5 Å². The Morgan fingerprint density at radius 1 is 1.05 bits per heavy atom. The number of benzene rings is 2. The molecule has 22 heavy (non-hydrogen) atoms. The van der Waals surface area contributed by atoms with Gasteiger partial charge in [-0.2, -0.15) is 8.75 Å². The van der Waals surface area contributed by atoms with Crippen LogP contribution in [0.5, 0.6) is 0 Å². The molecule has 0 saturated heterocycles. The predicted octanol–water partition coefficient (Wildman–Crippen LogP) is 3.62. The van der Waals surface area contributed by atoms with Crippen LogP contribution in [0.25, 0.3) is 11.0 Å². The molecule has 0 aliphatic heterocycles. The number of fused-ring (bicyclic) bond motifs is 1. The maximum Gasteiger partial charge on any atom is 0.264 e. The van der Waals surface area contributed by atoms with Crippen LogP contribution in [-0.4, -0.2) is 17.2 Å². The summed E-state index contributed by atoms with van der Waals surface area (Å²) >= 11 is 1.00. The molecule has 0 aliphatic rings. The summed E-state index contributed by atoms with van der Waals surface area (Å²) < 4.78 is 35.9. The van der Waals surface area contributed by atoms with Gasteiger partial charge in [0.15, 0.2) is 0 Å². The molecule has 0 radical (unpaired) electrons. The van der Waals surface area contributed by atoms with Crippen LogP contribution in [-0.2, 0) is 10.0 Å². The van der Waals surface area contributed by atoms with Gasteiger partial charge in [0.1, 0.15) is 15.9 Å². The van der Waals surface area contributed by atoms with E-state index in [0.717, 1.165) is 17.3 Å². The fourth-order valence-corrected chi connectivity index (χ4v) is 3.97. The predicted molar refractivity (Wildman–Crippen MR) is 88.8 cm³/mol. The number of hydrogen-bond donors (Lipinski definition) is 1. The van der Waals surface area contributed by atoms with Crippen molar-refractivity contribution in [2.75, 3.05) is 4.72 Å². The summed E-state index contributed by atoms with van der Waals surface area (Å²) in [7, 11) is -3.69. The van der Waals surface area contributed by atoms with Crippen LogP contribution in [0.4, 0.5) is 5.69 Å². The van der Waals surface area contributed by atoms with Crippen LogP contribution in [0.1, 0.15) is 25.3 Å². The van der Waals surface area contributed by atoms with E-state index in [-0.39, 0.29) is 4.90 Å². The van der Waals surface area contributed by atoms with Crippen LogP contribution in [0.15, 0.2) is 47.4 Å². The Morgan fingerprint density at radius 2 is 1.77 bits per heavy atom. The SMILES string of the molecule is CC(C)c1ccc(NS(=O)(=O)c2cccc3nsnc23)cc1. The van der Waals surface area contributed by atoms with Crippen LogP contribution in [0.3, 0.4) is 0 Å². The largest absolute Gasteiger partial charge is 0.280 e. The molecule has 114 valence electrons. The fourth-order valence-electron chi connectivity index (χ4n) is 2.14. The lowest BCUT2D eigenvalue weighted by molar-refractivity contribution is 0.602. The highest BCUT2D eigenvalue weighted by Gasteiger charge is 2.19.